The molecule has 1 heterocycles. The third-order valence-electron chi connectivity index (χ3n) is 2.90. The SMILES string of the molecule is CC(C)(c1ccc(F)cc1)c1ncc(Br)c(N)n1. The maximum atomic E-state index is 12.9. The number of nitrogens with two attached hydrogens (primary N) is 1. The van der Waals surface area contributed by atoms with Gasteiger partial charge in [0.05, 0.1) is 4.47 Å². The van der Waals surface area contributed by atoms with Crippen LogP contribution >= 0.6 is 15.9 Å². The van der Waals surface area contributed by atoms with E-state index in [0.717, 1.165) is 5.56 Å². The summed E-state index contributed by atoms with van der Waals surface area (Å²) in [7, 11) is 0. The van der Waals surface area contributed by atoms with Crippen molar-refractivity contribution < 1.29 is 4.39 Å². The van der Waals surface area contributed by atoms with Gasteiger partial charge in [-0.05, 0) is 47.5 Å². The van der Waals surface area contributed by atoms with Crippen molar-refractivity contribution in [2.75, 3.05) is 5.73 Å². The lowest BCUT2D eigenvalue weighted by atomic mass is 9.84. The molecule has 18 heavy (non-hydrogen) atoms. The fourth-order valence-corrected chi connectivity index (χ4v) is 1.87. The number of nitrogen functional groups attached to an aromatic ring is 1. The number of halogens is 2. The average molecular weight is 310 g/mol. The van der Waals surface area contributed by atoms with E-state index in [2.05, 4.69) is 25.9 Å². The molecule has 0 spiro atoms. The van der Waals surface area contributed by atoms with Crippen LogP contribution in [-0.4, -0.2) is 9.97 Å². The Labute approximate surface area is 113 Å². The lowest BCUT2D eigenvalue weighted by Crippen LogP contribution is -2.23. The van der Waals surface area contributed by atoms with Gasteiger partial charge in [0.15, 0.2) is 0 Å². The van der Waals surface area contributed by atoms with Crippen LogP contribution < -0.4 is 5.73 Å². The van der Waals surface area contributed by atoms with E-state index in [-0.39, 0.29) is 5.82 Å². The third kappa shape index (κ3) is 2.36. The summed E-state index contributed by atoms with van der Waals surface area (Å²) in [5, 5.41) is 0. The Morgan fingerprint density at radius 1 is 1.22 bits per heavy atom. The van der Waals surface area contributed by atoms with E-state index in [9.17, 15) is 4.39 Å². The maximum absolute atomic E-state index is 12.9. The Morgan fingerprint density at radius 2 is 1.83 bits per heavy atom. The minimum atomic E-state index is -0.428. The Balaban J connectivity index is 2.46. The lowest BCUT2D eigenvalue weighted by molar-refractivity contribution is 0.583. The van der Waals surface area contributed by atoms with E-state index in [1.807, 2.05) is 13.8 Å². The Morgan fingerprint density at radius 3 is 2.39 bits per heavy atom. The molecule has 0 unspecified atom stereocenters. The van der Waals surface area contributed by atoms with Crippen LogP contribution in [0.3, 0.4) is 0 Å². The van der Waals surface area contributed by atoms with E-state index >= 15 is 0 Å². The van der Waals surface area contributed by atoms with Gasteiger partial charge in [-0.3, -0.25) is 0 Å². The summed E-state index contributed by atoms with van der Waals surface area (Å²) in [6, 6.07) is 6.33. The minimum Gasteiger partial charge on any atom is -0.383 e. The first-order valence-corrected chi connectivity index (χ1v) is 6.25. The molecule has 2 aromatic rings. The third-order valence-corrected chi connectivity index (χ3v) is 3.51. The molecule has 0 saturated heterocycles. The molecular formula is C13H13BrFN3. The van der Waals surface area contributed by atoms with Crippen molar-refractivity contribution in [3.8, 4) is 0 Å². The van der Waals surface area contributed by atoms with Crippen molar-refractivity contribution in [3.05, 3.63) is 52.1 Å². The summed E-state index contributed by atoms with van der Waals surface area (Å²) < 4.78 is 13.6. The molecule has 0 aliphatic carbocycles. The number of hydrogen-bond donors (Lipinski definition) is 1. The molecule has 0 bridgehead atoms. The van der Waals surface area contributed by atoms with Crippen LogP contribution in [-0.2, 0) is 5.41 Å². The molecule has 0 aliphatic rings. The second kappa shape index (κ2) is 4.65. The quantitative estimate of drug-likeness (QED) is 0.926. The van der Waals surface area contributed by atoms with Crippen molar-refractivity contribution in [1.29, 1.82) is 0 Å². The number of benzene rings is 1. The molecule has 0 saturated carbocycles. The van der Waals surface area contributed by atoms with Gasteiger partial charge in [0.25, 0.3) is 0 Å². The smallest absolute Gasteiger partial charge is 0.141 e. The zero-order valence-electron chi connectivity index (χ0n) is 10.1. The summed E-state index contributed by atoms with van der Waals surface area (Å²) in [6.45, 7) is 3.95. The van der Waals surface area contributed by atoms with Crippen molar-refractivity contribution in [1.82, 2.24) is 9.97 Å². The summed E-state index contributed by atoms with van der Waals surface area (Å²) in [5.41, 5.74) is 6.27. The predicted molar refractivity (Wildman–Crippen MR) is 72.7 cm³/mol. The molecule has 94 valence electrons. The fourth-order valence-electron chi connectivity index (χ4n) is 1.68. The second-order valence-corrected chi connectivity index (χ2v) is 5.41. The number of hydrogen-bond acceptors (Lipinski definition) is 3. The van der Waals surface area contributed by atoms with Gasteiger partial charge in [0.1, 0.15) is 17.5 Å². The second-order valence-electron chi connectivity index (χ2n) is 4.56. The predicted octanol–water partition coefficient (Wildman–Crippen LogP) is 3.29. The van der Waals surface area contributed by atoms with Crippen LogP contribution in [0.1, 0.15) is 25.2 Å². The zero-order chi connectivity index (χ0) is 13.3. The molecule has 1 aromatic carbocycles. The summed E-state index contributed by atoms with van der Waals surface area (Å²) in [5.74, 6) is 0.746. The van der Waals surface area contributed by atoms with Gasteiger partial charge in [-0.1, -0.05) is 12.1 Å². The van der Waals surface area contributed by atoms with Gasteiger partial charge < -0.3 is 5.73 Å². The van der Waals surface area contributed by atoms with Crippen LogP contribution in [0.5, 0.6) is 0 Å². The molecule has 2 rings (SSSR count). The first-order chi connectivity index (χ1) is 8.41. The lowest BCUT2D eigenvalue weighted by Gasteiger charge is -2.23. The van der Waals surface area contributed by atoms with Crippen LogP contribution in [0.2, 0.25) is 0 Å². The molecule has 0 aliphatic heterocycles. The minimum absolute atomic E-state index is 0.259. The van der Waals surface area contributed by atoms with Gasteiger partial charge in [0.2, 0.25) is 0 Å². The average Bonchev–Trinajstić information content (AvgIpc) is 2.33. The van der Waals surface area contributed by atoms with Crippen molar-refractivity contribution >= 4 is 21.7 Å². The largest absolute Gasteiger partial charge is 0.383 e. The summed E-state index contributed by atoms with van der Waals surface area (Å²) >= 11 is 3.26. The van der Waals surface area contributed by atoms with Gasteiger partial charge >= 0.3 is 0 Å². The normalized spacial score (nSPS) is 11.6. The maximum Gasteiger partial charge on any atom is 0.141 e. The molecular weight excluding hydrogens is 297 g/mol. The Kier molecular flexibility index (Phi) is 3.34. The number of aromatic nitrogens is 2. The van der Waals surface area contributed by atoms with Crippen molar-refractivity contribution in [2.24, 2.45) is 0 Å². The Hall–Kier alpha value is -1.49. The van der Waals surface area contributed by atoms with Gasteiger partial charge in [-0.15, -0.1) is 0 Å². The summed E-state index contributed by atoms with van der Waals surface area (Å²) in [6.07, 6.45) is 1.63. The van der Waals surface area contributed by atoms with Crippen molar-refractivity contribution in [2.45, 2.75) is 19.3 Å². The van der Waals surface area contributed by atoms with E-state index in [1.54, 1.807) is 18.3 Å². The molecule has 0 amide bonds. The molecule has 5 heteroatoms. The molecule has 3 nitrogen and oxygen atoms in total. The Bertz CT molecular complexity index is 567. The number of nitrogens with zero attached hydrogens (tertiary/aromatic N) is 2. The molecule has 0 radical (unpaired) electrons. The zero-order valence-corrected chi connectivity index (χ0v) is 11.7. The monoisotopic (exact) mass is 309 g/mol. The fraction of sp³-hybridized carbons (Fsp3) is 0.231. The standard InChI is InChI=1S/C13H13BrFN3/c1-13(2,8-3-5-9(15)6-4-8)12-17-7-10(14)11(16)18-12/h3-7H,1-2H3,(H2,16,17,18). The van der Waals surface area contributed by atoms with Crippen LogP contribution in [0.4, 0.5) is 10.2 Å². The highest BCUT2D eigenvalue weighted by molar-refractivity contribution is 9.10. The number of rotatable bonds is 2. The van der Waals surface area contributed by atoms with E-state index in [0.29, 0.717) is 16.1 Å². The highest BCUT2D eigenvalue weighted by Crippen LogP contribution is 2.30. The molecule has 0 atom stereocenters. The van der Waals surface area contributed by atoms with E-state index < -0.39 is 5.41 Å². The first kappa shape index (κ1) is 13.0. The highest BCUT2D eigenvalue weighted by Gasteiger charge is 2.26. The topological polar surface area (TPSA) is 51.8 Å². The van der Waals surface area contributed by atoms with Crippen LogP contribution in [0, 0.1) is 5.82 Å². The molecule has 2 N–H and O–H groups in total. The van der Waals surface area contributed by atoms with Crippen LogP contribution in [0.25, 0.3) is 0 Å². The van der Waals surface area contributed by atoms with Crippen molar-refractivity contribution in [3.63, 3.8) is 0 Å². The van der Waals surface area contributed by atoms with E-state index in [4.69, 9.17) is 5.73 Å². The highest BCUT2D eigenvalue weighted by atomic mass is 79.9. The van der Waals surface area contributed by atoms with E-state index in [1.165, 1.54) is 12.1 Å². The first-order valence-electron chi connectivity index (χ1n) is 5.46. The summed E-state index contributed by atoms with van der Waals surface area (Å²) in [4.78, 5) is 8.55. The van der Waals surface area contributed by atoms with Gasteiger partial charge in [0, 0.05) is 11.6 Å². The van der Waals surface area contributed by atoms with Gasteiger partial charge in [-0.2, -0.15) is 0 Å². The molecule has 0 fully saturated rings. The molecule has 1 aromatic heterocycles. The van der Waals surface area contributed by atoms with Gasteiger partial charge in [-0.25, -0.2) is 14.4 Å². The van der Waals surface area contributed by atoms with Crippen LogP contribution in [0.15, 0.2) is 34.9 Å². The number of anilines is 1.